The molecule has 4 atom stereocenters. The van der Waals surface area contributed by atoms with Crippen LogP contribution in [0.25, 0.3) is 0 Å². The first-order chi connectivity index (χ1) is 9.08. The maximum atomic E-state index is 10.8. The molecule has 0 amide bonds. The van der Waals surface area contributed by atoms with Crippen molar-refractivity contribution in [3.8, 4) is 0 Å². The molecule has 0 aromatic rings. The van der Waals surface area contributed by atoms with Crippen LogP contribution >= 0.6 is 0 Å². The van der Waals surface area contributed by atoms with Crippen LogP contribution in [0.1, 0.15) is 65.2 Å². The number of carboxylic acid groups (broad SMARTS) is 1. The van der Waals surface area contributed by atoms with Gasteiger partial charge in [-0.1, -0.05) is 20.3 Å². The van der Waals surface area contributed by atoms with E-state index >= 15 is 0 Å². The van der Waals surface area contributed by atoms with E-state index in [0.717, 1.165) is 18.3 Å². The van der Waals surface area contributed by atoms with Gasteiger partial charge in [0.1, 0.15) is 0 Å². The molecule has 1 aliphatic carbocycles. The highest BCUT2D eigenvalue weighted by atomic mass is 16.4. The molecule has 110 valence electrons. The van der Waals surface area contributed by atoms with E-state index in [0.29, 0.717) is 18.5 Å². The van der Waals surface area contributed by atoms with Crippen molar-refractivity contribution in [2.75, 3.05) is 6.54 Å². The van der Waals surface area contributed by atoms with Crippen LogP contribution in [0.2, 0.25) is 0 Å². The molecule has 1 N–H and O–H groups in total. The standard InChI is InChI=1S/C16H29NO2/c1-12-6-7-15(11-13(12)2)17-10-4-3-5-14(17)8-9-16(18)19/h12-15H,3-11H2,1-2H3,(H,18,19). The van der Waals surface area contributed by atoms with E-state index < -0.39 is 5.97 Å². The van der Waals surface area contributed by atoms with Crippen molar-refractivity contribution in [1.82, 2.24) is 4.90 Å². The summed E-state index contributed by atoms with van der Waals surface area (Å²) in [5, 5.41) is 8.90. The van der Waals surface area contributed by atoms with Crippen molar-refractivity contribution in [3.63, 3.8) is 0 Å². The molecular weight excluding hydrogens is 238 g/mol. The molecule has 0 spiro atoms. The third-order valence-corrected chi connectivity index (χ3v) is 5.40. The highest BCUT2D eigenvalue weighted by Crippen LogP contribution is 2.35. The topological polar surface area (TPSA) is 40.5 Å². The van der Waals surface area contributed by atoms with Crippen LogP contribution in [0, 0.1) is 11.8 Å². The first-order valence-corrected chi connectivity index (χ1v) is 8.05. The number of piperidine rings is 1. The highest BCUT2D eigenvalue weighted by Gasteiger charge is 2.33. The average Bonchev–Trinajstić information content (AvgIpc) is 2.40. The van der Waals surface area contributed by atoms with Gasteiger partial charge in [0.05, 0.1) is 0 Å². The highest BCUT2D eigenvalue weighted by molar-refractivity contribution is 5.66. The summed E-state index contributed by atoms with van der Waals surface area (Å²) in [5.74, 6) is 1.04. The summed E-state index contributed by atoms with van der Waals surface area (Å²) in [7, 11) is 0. The van der Waals surface area contributed by atoms with Crippen molar-refractivity contribution in [1.29, 1.82) is 0 Å². The molecule has 1 saturated heterocycles. The van der Waals surface area contributed by atoms with Gasteiger partial charge in [0.2, 0.25) is 0 Å². The first kappa shape index (κ1) is 14.8. The van der Waals surface area contributed by atoms with Crippen LogP contribution in [0.3, 0.4) is 0 Å². The summed E-state index contributed by atoms with van der Waals surface area (Å²) in [6.45, 7) is 5.95. The molecule has 2 fully saturated rings. The Morgan fingerprint density at radius 2 is 1.95 bits per heavy atom. The van der Waals surface area contributed by atoms with Crippen molar-refractivity contribution >= 4 is 5.97 Å². The van der Waals surface area contributed by atoms with Crippen LogP contribution in [0.15, 0.2) is 0 Å². The number of nitrogens with zero attached hydrogens (tertiary/aromatic N) is 1. The van der Waals surface area contributed by atoms with Crippen molar-refractivity contribution in [2.45, 2.75) is 77.3 Å². The number of hydrogen-bond acceptors (Lipinski definition) is 2. The van der Waals surface area contributed by atoms with E-state index in [1.807, 2.05) is 0 Å². The van der Waals surface area contributed by atoms with Gasteiger partial charge in [-0.25, -0.2) is 0 Å². The van der Waals surface area contributed by atoms with Crippen molar-refractivity contribution in [3.05, 3.63) is 0 Å². The van der Waals surface area contributed by atoms with Crippen LogP contribution in [0.5, 0.6) is 0 Å². The lowest BCUT2D eigenvalue weighted by molar-refractivity contribution is -0.137. The fourth-order valence-corrected chi connectivity index (χ4v) is 3.92. The molecule has 2 aliphatic rings. The van der Waals surface area contributed by atoms with E-state index in [9.17, 15) is 4.79 Å². The van der Waals surface area contributed by atoms with E-state index in [2.05, 4.69) is 18.7 Å². The number of aliphatic carboxylic acids is 1. The molecule has 1 aliphatic heterocycles. The Balaban J connectivity index is 1.93. The second-order valence-corrected chi connectivity index (χ2v) is 6.74. The molecule has 0 aromatic heterocycles. The normalized spacial score (nSPS) is 37.2. The largest absolute Gasteiger partial charge is 0.481 e. The molecule has 0 radical (unpaired) electrons. The second-order valence-electron chi connectivity index (χ2n) is 6.74. The van der Waals surface area contributed by atoms with Crippen LogP contribution in [0.4, 0.5) is 0 Å². The lowest BCUT2D eigenvalue weighted by atomic mass is 9.77. The Bertz CT molecular complexity index is 305. The van der Waals surface area contributed by atoms with Gasteiger partial charge >= 0.3 is 5.97 Å². The Kier molecular flexibility index (Phi) is 5.26. The predicted octanol–water partition coefficient (Wildman–Crippen LogP) is 3.53. The molecule has 1 saturated carbocycles. The maximum Gasteiger partial charge on any atom is 0.303 e. The zero-order chi connectivity index (χ0) is 13.8. The van der Waals surface area contributed by atoms with E-state index in [4.69, 9.17) is 5.11 Å². The summed E-state index contributed by atoms with van der Waals surface area (Å²) in [4.78, 5) is 13.5. The summed E-state index contributed by atoms with van der Waals surface area (Å²) >= 11 is 0. The summed E-state index contributed by atoms with van der Waals surface area (Å²) < 4.78 is 0. The zero-order valence-electron chi connectivity index (χ0n) is 12.5. The van der Waals surface area contributed by atoms with Crippen molar-refractivity contribution < 1.29 is 9.90 Å². The van der Waals surface area contributed by atoms with Gasteiger partial charge in [-0.15, -0.1) is 0 Å². The quantitative estimate of drug-likeness (QED) is 0.847. The van der Waals surface area contributed by atoms with E-state index in [1.54, 1.807) is 0 Å². The Morgan fingerprint density at radius 1 is 1.16 bits per heavy atom. The van der Waals surface area contributed by atoms with Crippen molar-refractivity contribution in [2.24, 2.45) is 11.8 Å². The minimum atomic E-state index is -0.642. The van der Waals surface area contributed by atoms with Gasteiger partial charge in [0, 0.05) is 18.5 Å². The summed E-state index contributed by atoms with van der Waals surface area (Å²) in [6, 6.07) is 1.24. The lowest BCUT2D eigenvalue weighted by Crippen LogP contribution is -2.48. The number of carbonyl (C=O) groups is 1. The number of likely N-dealkylation sites (tertiary alicyclic amines) is 1. The fraction of sp³-hybridized carbons (Fsp3) is 0.938. The van der Waals surface area contributed by atoms with E-state index in [1.165, 1.54) is 45.1 Å². The SMILES string of the molecule is CC1CCC(N2CCCCC2CCC(=O)O)CC1C. The van der Waals surface area contributed by atoms with Crippen LogP contribution < -0.4 is 0 Å². The Morgan fingerprint density at radius 3 is 2.63 bits per heavy atom. The maximum absolute atomic E-state index is 10.8. The summed E-state index contributed by atoms with van der Waals surface area (Å²) in [5.41, 5.74) is 0. The van der Waals surface area contributed by atoms with Crippen LogP contribution in [-0.4, -0.2) is 34.6 Å². The fourth-order valence-electron chi connectivity index (χ4n) is 3.92. The monoisotopic (exact) mass is 267 g/mol. The molecule has 2 rings (SSSR count). The third kappa shape index (κ3) is 3.95. The lowest BCUT2D eigenvalue weighted by Gasteiger charge is -2.45. The molecule has 3 nitrogen and oxygen atoms in total. The molecular formula is C16H29NO2. The minimum absolute atomic E-state index is 0.333. The van der Waals surface area contributed by atoms with Gasteiger partial charge in [0.25, 0.3) is 0 Å². The molecule has 3 heteroatoms. The van der Waals surface area contributed by atoms with Gasteiger partial charge < -0.3 is 5.11 Å². The molecule has 4 unspecified atom stereocenters. The first-order valence-electron chi connectivity index (χ1n) is 8.05. The number of hydrogen-bond donors (Lipinski definition) is 1. The molecule has 0 bridgehead atoms. The van der Waals surface area contributed by atoms with Gasteiger partial charge in [-0.2, -0.15) is 0 Å². The smallest absolute Gasteiger partial charge is 0.303 e. The molecule has 19 heavy (non-hydrogen) atoms. The number of carboxylic acids is 1. The minimum Gasteiger partial charge on any atom is -0.481 e. The number of rotatable bonds is 4. The van der Waals surface area contributed by atoms with Gasteiger partial charge in [-0.05, 0) is 56.9 Å². The average molecular weight is 267 g/mol. The Labute approximate surface area is 117 Å². The zero-order valence-corrected chi connectivity index (χ0v) is 12.5. The van der Waals surface area contributed by atoms with Gasteiger partial charge in [0.15, 0.2) is 0 Å². The molecule has 1 heterocycles. The third-order valence-electron chi connectivity index (χ3n) is 5.40. The second kappa shape index (κ2) is 6.74. The van der Waals surface area contributed by atoms with Crippen LogP contribution in [-0.2, 0) is 4.79 Å². The Hall–Kier alpha value is -0.570. The van der Waals surface area contributed by atoms with Gasteiger partial charge in [-0.3, -0.25) is 9.69 Å². The summed E-state index contributed by atoms with van der Waals surface area (Å²) in [6.07, 6.45) is 8.92. The van der Waals surface area contributed by atoms with E-state index in [-0.39, 0.29) is 0 Å². The predicted molar refractivity (Wildman–Crippen MR) is 77.2 cm³/mol. The molecule has 0 aromatic carbocycles.